The highest BCUT2D eigenvalue weighted by Crippen LogP contribution is 2.31. The molecule has 0 saturated heterocycles. The van der Waals surface area contributed by atoms with Crippen LogP contribution in [0, 0.1) is 0 Å². The van der Waals surface area contributed by atoms with Gasteiger partial charge in [0.25, 0.3) is 0 Å². The van der Waals surface area contributed by atoms with Crippen molar-refractivity contribution in [2.75, 3.05) is 13.7 Å². The molecule has 1 heterocycles. The van der Waals surface area contributed by atoms with E-state index >= 15 is 0 Å². The number of aromatic nitrogens is 2. The second kappa shape index (κ2) is 7.48. The minimum atomic E-state index is 0.293. The van der Waals surface area contributed by atoms with Crippen molar-refractivity contribution in [2.45, 2.75) is 51.5 Å². The second-order valence-electron chi connectivity index (χ2n) is 5.54. The van der Waals surface area contributed by atoms with Gasteiger partial charge in [-0.3, -0.25) is 4.68 Å². The van der Waals surface area contributed by atoms with Crippen molar-refractivity contribution in [2.24, 2.45) is 7.05 Å². The van der Waals surface area contributed by atoms with E-state index in [2.05, 4.69) is 23.4 Å². The third-order valence-corrected chi connectivity index (χ3v) is 3.99. The van der Waals surface area contributed by atoms with Crippen molar-refractivity contribution >= 4 is 0 Å². The molecule has 0 saturated carbocycles. The summed E-state index contributed by atoms with van der Waals surface area (Å²) in [6.07, 6.45) is 11.6. The zero-order valence-corrected chi connectivity index (χ0v) is 13.0. The first kappa shape index (κ1) is 15.1. The van der Waals surface area contributed by atoms with Crippen LogP contribution < -0.4 is 10.1 Å². The molecule has 0 aromatic carbocycles. The van der Waals surface area contributed by atoms with E-state index in [1.807, 2.05) is 17.9 Å². The molecule has 1 aromatic heterocycles. The lowest BCUT2D eigenvalue weighted by atomic mass is 9.93. The van der Waals surface area contributed by atoms with Gasteiger partial charge in [0.05, 0.1) is 25.0 Å². The Balaban J connectivity index is 2.17. The van der Waals surface area contributed by atoms with E-state index in [9.17, 15) is 0 Å². The molecule has 0 radical (unpaired) electrons. The summed E-state index contributed by atoms with van der Waals surface area (Å²) in [6.45, 7) is 3.22. The molecule has 1 N–H and O–H groups in total. The molecule has 0 fully saturated rings. The van der Waals surface area contributed by atoms with Gasteiger partial charge >= 0.3 is 0 Å². The quantitative estimate of drug-likeness (QED) is 0.777. The summed E-state index contributed by atoms with van der Waals surface area (Å²) in [5, 5.41) is 7.99. The van der Waals surface area contributed by atoms with Crippen molar-refractivity contribution in [1.82, 2.24) is 15.1 Å². The summed E-state index contributed by atoms with van der Waals surface area (Å²) in [5.41, 5.74) is 2.74. The number of rotatable bonds is 7. The largest absolute Gasteiger partial charge is 0.493 e. The number of allylic oxidation sites excluding steroid dienone is 1. The highest BCUT2D eigenvalue weighted by molar-refractivity contribution is 5.29. The molecule has 112 valence electrons. The van der Waals surface area contributed by atoms with E-state index in [0.29, 0.717) is 6.04 Å². The van der Waals surface area contributed by atoms with Crippen LogP contribution in [0.1, 0.15) is 57.2 Å². The zero-order valence-electron chi connectivity index (χ0n) is 13.0. The third-order valence-electron chi connectivity index (χ3n) is 3.99. The molecule has 0 aliphatic heterocycles. The van der Waals surface area contributed by atoms with Gasteiger partial charge in [0.1, 0.15) is 0 Å². The molecule has 4 heteroatoms. The lowest BCUT2D eigenvalue weighted by Crippen LogP contribution is -2.25. The van der Waals surface area contributed by atoms with Gasteiger partial charge in [-0.15, -0.1) is 0 Å². The van der Waals surface area contributed by atoms with E-state index in [1.54, 1.807) is 12.7 Å². The van der Waals surface area contributed by atoms with Gasteiger partial charge in [0.15, 0.2) is 5.75 Å². The maximum absolute atomic E-state index is 5.47. The first-order valence-corrected chi connectivity index (χ1v) is 7.73. The fourth-order valence-corrected chi connectivity index (χ4v) is 2.92. The van der Waals surface area contributed by atoms with E-state index in [-0.39, 0.29) is 0 Å². The fourth-order valence-electron chi connectivity index (χ4n) is 2.92. The minimum Gasteiger partial charge on any atom is -0.493 e. The van der Waals surface area contributed by atoms with Crippen LogP contribution in [0.3, 0.4) is 0 Å². The van der Waals surface area contributed by atoms with E-state index < -0.39 is 0 Å². The van der Waals surface area contributed by atoms with Crippen LogP contribution in [0.5, 0.6) is 5.75 Å². The van der Waals surface area contributed by atoms with Crippen molar-refractivity contribution in [3.63, 3.8) is 0 Å². The SMILES string of the molecule is CCCNC(CC1=CCCCC1)c1c(OC)cnn1C. The molecule has 0 bridgehead atoms. The molecular weight excluding hydrogens is 250 g/mol. The van der Waals surface area contributed by atoms with E-state index in [1.165, 1.54) is 25.7 Å². The highest BCUT2D eigenvalue weighted by atomic mass is 16.5. The number of hydrogen-bond donors (Lipinski definition) is 1. The average molecular weight is 277 g/mol. The monoisotopic (exact) mass is 277 g/mol. The molecule has 4 nitrogen and oxygen atoms in total. The summed E-state index contributed by atoms with van der Waals surface area (Å²) in [7, 11) is 3.71. The van der Waals surface area contributed by atoms with Gasteiger partial charge in [-0.05, 0) is 45.1 Å². The van der Waals surface area contributed by atoms with E-state index in [4.69, 9.17) is 4.74 Å². The van der Waals surface area contributed by atoms with Crippen molar-refractivity contribution in [1.29, 1.82) is 0 Å². The molecule has 2 rings (SSSR count). The Morgan fingerprint density at radius 3 is 2.95 bits per heavy atom. The zero-order chi connectivity index (χ0) is 14.4. The molecular formula is C16H27N3O. The first-order valence-electron chi connectivity index (χ1n) is 7.73. The molecule has 1 unspecified atom stereocenters. The number of hydrogen-bond acceptors (Lipinski definition) is 3. The van der Waals surface area contributed by atoms with Crippen molar-refractivity contribution < 1.29 is 4.74 Å². The second-order valence-corrected chi connectivity index (χ2v) is 5.54. The van der Waals surface area contributed by atoms with Crippen LogP contribution in [0.4, 0.5) is 0 Å². The third kappa shape index (κ3) is 3.63. The summed E-state index contributed by atoms with van der Waals surface area (Å²) in [4.78, 5) is 0. The molecule has 0 spiro atoms. The van der Waals surface area contributed by atoms with Crippen LogP contribution in [0.25, 0.3) is 0 Å². The number of ether oxygens (including phenoxy) is 1. The molecule has 1 aromatic rings. The van der Waals surface area contributed by atoms with Gasteiger partial charge in [-0.25, -0.2) is 0 Å². The lowest BCUT2D eigenvalue weighted by molar-refractivity contribution is 0.391. The van der Waals surface area contributed by atoms with Gasteiger partial charge < -0.3 is 10.1 Å². The first-order chi connectivity index (χ1) is 9.76. The normalized spacial score (nSPS) is 16.9. The Kier molecular flexibility index (Phi) is 5.65. The molecule has 1 atom stereocenters. The number of aryl methyl sites for hydroxylation is 1. The number of methoxy groups -OCH3 is 1. The number of nitrogens with one attached hydrogen (secondary N) is 1. The highest BCUT2D eigenvalue weighted by Gasteiger charge is 2.21. The predicted molar refractivity (Wildman–Crippen MR) is 82.0 cm³/mol. The summed E-state index contributed by atoms with van der Waals surface area (Å²) in [5.74, 6) is 0.887. The van der Waals surface area contributed by atoms with Crippen LogP contribution in [-0.2, 0) is 7.05 Å². The van der Waals surface area contributed by atoms with Gasteiger partial charge in [0, 0.05) is 7.05 Å². The van der Waals surface area contributed by atoms with Crippen LogP contribution >= 0.6 is 0 Å². The van der Waals surface area contributed by atoms with Crippen LogP contribution in [0.15, 0.2) is 17.8 Å². The van der Waals surface area contributed by atoms with Gasteiger partial charge in [-0.2, -0.15) is 5.10 Å². The molecule has 1 aliphatic carbocycles. The topological polar surface area (TPSA) is 39.1 Å². The molecule has 1 aliphatic rings. The van der Waals surface area contributed by atoms with Gasteiger partial charge in [0.2, 0.25) is 0 Å². The Hall–Kier alpha value is -1.29. The van der Waals surface area contributed by atoms with E-state index in [0.717, 1.165) is 30.8 Å². The standard InChI is InChI=1S/C16H27N3O/c1-4-10-17-14(11-13-8-6-5-7-9-13)16-15(20-3)12-18-19(16)2/h8,12,14,17H,4-7,9-11H2,1-3H3. The fraction of sp³-hybridized carbons (Fsp3) is 0.688. The van der Waals surface area contributed by atoms with Crippen LogP contribution in [-0.4, -0.2) is 23.4 Å². The maximum Gasteiger partial charge on any atom is 0.161 e. The lowest BCUT2D eigenvalue weighted by Gasteiger charge is -2.23. The summed E-state index contributed by atoms with van der Waals surface area (Å²) < 4.78 is 7.41. The smallest absolute Gasteiger partial charge is 0.161 e. The van der Waals surface area contributed by atoms with Crippen molar-refractivity contribution in [3.05, 3.63) is 23.5 Å². The van der Waals surface area contributed by atoms with Crippen LogP contribution in [0.2, 0.25) is 0 Å². The molecule has 20 heavy (non-hydrogen) atoms. The number of nitrogens with zero attached hydrogens (tertiary/aromatic N) is 2. The van der Waals surface area contributed by atoms with Crippen molar-refractivity contribution in [3.8, 4) is 5.75 Å². The predicted octanol–water partition coefficient (Wildman–Crippen LogP) is 3.36. The maximum atomic E-state index is 5.47. The Bertz CT molecular complexity index is 451. The summed E-state index contributed by atoms with van der Waals surface area (Å²) >= 11 is 0. The summed E-state index contributed by atoms with van der Waals surface area (Å²) in [6, 6.07) is 0.293. The Morgan fingerprint density at radius 2 is 2.30 bits per heavy atom. The van der Waals surface area contributed by atoms with Gasteiger partial charge in [-0.1, -0.05) is 18.6 Å². The molecule has 0 amide bonds. The minimum absolute atomic E-state index is 0.293. The average Bonchev–Trinajstić information content (AvgIpc) is 2.85. The Morgan fingerprint density at radius 1 is 1.45 bits per heavy atom. The Labute approximate surface area is 122 Å².